The van der Waals surface area contributed by atoms with E-state index in [1.54, 1.807) is 11.8 Å². The molecular weight excluding hydrogens is 286 g/mol. The Balaban J connectivity index is 2.19. The van der Waals surface area contributed by atoms with Crippen molar-refractivity contribution in [2.75, 3.05) is 7.05 Å². The van der Waals surface area contributed by atoms with E-state index in [1.165, 1.54) is 17.1 Å². The fraction of sp³-hybridized carbons (Fsp3) is 0.333. The molecule has 1 N–H and O–H groups in total. The van der Waals surface area contributed by atoms with Crippen LogP contribution in [0.2, 0.25) is 5.02 Å². The molecule has 1 heterocycles. The Labute approximate surface area is 120 Å². The number of halogens is 1. The van der Waals surface area contributed by atoms with Crippen LogP contribution in [0.4, 0.5) is 0 Å². The van der Waals surface area contributed by atoms with Gasteiger partial charge in [-0.3, -0.25) is 0 Å². The highest BCUT2D eigenvalue weighted by atomic mass is 35.5. The number of nitrogens with one attached hydrogen (secondary N) is 1. The molecule has 96 valence electrons. The molecule has 1 aromatic carbocycles. The fourth-order valence-electron chi connectivity index (χ4n) is 1.45. The van der Waals surface area contributed by atoms with Crippen molar-refractivity contribution in [3.05, 3.63) is 34.6 Å². The Morgan fingerprint density at radius 1 is 1.44 bits per heavy atom. The van der Waals surface area contributed by atoms with Crippen molar-refractivity contribution in [2.24, 2.45) is 0 Å². The first-order valence-electron chi connectivity index (χ1n) is 5.55. The van der Waals surface area contributed by atoms with Crippen LogP contribution in [0.25, 0.3) is 0 Å². The van der Waals surface area contributed by atoms with Gasteiger partial charge >= 0.3 is 0 Å². The molecule has 0 amide bonds. The van der Waals surface area contributed by atoms with Crippen LogP contribution in [0.5, 0.6) is 0 Å². The third-order valence-electron chi connectivity index (χ3n) is 2.60. The van der Waals surface area contributed by atoms with E-state index < -0.39 is 0 Å². The summed E-state index contributed by atoms with van der Waals surface area (Å²) in [4.78, 5) is 5.33. The molecule has 18 heavy (non-hydrogen) atoms. The summed E-state index contributed by atoms with van der Waals surface area (Å²) in [6.45, 7) is 3.99. The summed E-state index contributed by atoms with van der Waals surface area (Å²) in [6, 6.07) is 6.42. The van der Waals surface area contributed by atoms with Crippen molar-refractivity contribution in [1.82, 2.24) is 14.7 Å². The molecule has 0 fully saturated rings. The summed E-state index contributed by atoms with van der Waals surface area (Å²) in [5.74, 6) is 0.805. The first-order chi connectivity index (χ1) is 8.60. The highest BCUT2D eigenvalue weighted by Gasteiger charge is 2.09. The van der Waals surface area contributed by atoms with Gasteiger partial charge in [-0.2, -0.15) is 4.37 Å². The monoisotopic (exact) mass is 299 g/mol. The first-order valence-corrected chi connectivity index (χ1v) is 7.52. The van der Waals surface area contributed by atoms with Gasteiger partial charge in [0.2, 0.25) is 0 Å². The van der Waals surface area contributed by atoms with Crippen LogP contribution in [0.1, 0.15) is 24.4 Å². The van der Waals surface area contributed by atoms with Gasteiger partial charge in [-0.25, -0.2) is 4.98 Å². The van der Waals surface area contributed by atoms with Gasteiger partial charge in [-0.05, 0) is 50.1 Å². The van der Waals surface area contributed by atoms with Gasteiger partial charge in [-0.15, -0.1) is 0 Å². The molecule has 0 bridgehead atoms. The molecule has 6 heteroatoms. The predicted octanol–water partition coefficient (Wildman–Crippen LogP) is 3.93. The van der Waals surface area contributed by atoms with E-state index >= 15 is 0 Å². The smallest absolute Gasteiger partial charge is 0.174 e. The standard InChI is InChI=1S/C12H14ClN3S2/c1-7(14-3)9-4-5-11(10(13)6-9)17-12-15-8(2)16-18-12/h4-7,14H,1-3H3. The molecular formula is C12H14ClN3S2. The summed E-state index contributed by atoms with van der Waals surface area (Å²) in [5, 5.41) is 3.95. The number of aryl methyl sites for hydroxylation is 1. The van der Waals surface area contributed by atoms with Crippen LogP contribution in [-0.4, -0.2) is 16.4 Å². The number of benzene rings is 1. The van der Waals surface area contributed by atoms with Crippen LogP contribution < -0.4 is 5.32 Å². The number of aromatic nitrogens is 2. The van der Waals surface area contributed by atoms with Gasteiger partial charge < -0.3 is 5.32 Å². The number of hydrogen-bond donors (Lipinski definition) is 1. The van der Waals surface area contributed by atoms with Gasteiger partial charge in [0.15, 0.2) is 4.34 Å². The molecule has 0 spiro atoms. The first kappa shape index (κ1) is 13.8. The van der Waals surface area contributed by atoms with E-state index in [4.69, 9.17) is 11.6 Å². The maximum atomic E-state index is 6.29. The molecule has 2 rings (SSSR count). The highest BCUT2D eigenvalue weighted by Crippen LogP contribution is 2.35. The topological polar surface area (TPSA) is 37.8 Å². The van der Waals surface area contributed by atoms with E-state index in [9.17, 15) is 0 Å². The molecule has 0 saturated carbocycles. The third kappa shape index (κ3) is 3.23. The van der Waals surface area contributed by atoms with Crippen LogP contribution >= 0.6 is 34.9 Å². The van der Waals surface area contributed by atoms with Crippen molar-refractivity contribution in [2.45, 2.75) is 29.1 Å². The van der Waals surface area contributed by atoms with Gasteiger partial charge in [0.1, 0.15) is 5.82 Å². The average Bonchev–Trinajstić information content (AvgIpc) is 2.76. The number of hydrogen-bond acceptors (Lipinski definition) is 5. The van der Waals surface area contributed by atoms with E-state index in [0.29, 0.717) is 6.04 Å². The fourth-order valence-corrected chi connectivity index (χ4v) is 3.37. The maximum absolute atomic E-state index is 6.29. The molecule has 0 aliphatic heterocycles. The SMILES string of the molecule is CNC(C)c1ccc(Sc2nc(C)ns2)c(Cl)c1. The Hall–Kier alpha value is -0.620. The Morgan fingerprint density at radius 3 is 2.78 bits per heavy atom. The summed E-state index contributed by atoms with van der Waals surface area (Å²) >= 11 is 9.25. The van der Waals surface area contributed by atoms with Gasteiger partial charge in [0, 0.05) is 10.9 Å². The summed E-state index contributed by atoms with van der Waals surface area (Å²) in [7, 11) is 1.94. The molecule has 0 aliphatic rings. The molecule has 0 aliphatic carbocycles. The normalized spacial score (nSPS) is 12.7. The van der Waals surface area contributed by atoms with Gasteiger partial charge in [0.05, 0.1) is 5.02 Å². The lowest BCUT2D eigenvalue weighted by molar-refractivity contribution is 0.652. The minimum Gasteiger partial charge on any atom is -0.313 e. The van der Waals surface area contributed by atoms with Crippen molar-refractivity contribution in [3.63, 3.8) is 0 Å². The van der Waals surface area contributed by atoms with Crippen LogP contribution in [0.3, 0.4) is 0 Å². The van der Waals surface area contributed by atoms with Crippen molar-refractivity contribution >= 4 is 34.9 Å². The van der Waals surface area contributed by atoms with E-state index in [-0.39, 0.29) is 0 Å². The maximum Gasteiger partial charge on any atom is 0.174 e. The van der Waals surface area contributed by atoms with Gasteiger partial charge in [0.25, 0.3) is 0 Å². The average molecular weight is 300 g/mol. The zero-order chi connectivity index (χ0) is 13.1. The Bertz CT molecular complexity index is 542. The number of nitrogens with zero attached hydrogens (tertiary/aromatic N) is 2. The highest BCUT2D eigenvalue weighted by molar-refractivity contribution is 8.01. The van der Waals surface area contributed by atoms with Crippen molar-refractivity contribution < 1.29 is 0 Å². The van der Waals surface area contributed by atoms with Crippen LogP contribution in [0, 0.1) is 6.92 Å². The van der Waals surface area contributed by atoms with E-state index in [1.807, 2.05) is 26.1 Å². The molecule has 0 radical (unpaired) electrons. The second kappa shape index (κ2) is 6.02. The summed E-state index contributed by atoms with van der Waals surface area (Å²) in [5.41, 5.74) is 1.18. The molecule has 1 aromatic heterocycles. The second-order valence-corrected chi connectivity index (χ2v) is 6.36. The van der Waals surface area contributed by atoms with Gasteiger partial charge in [-0.1, -0.05) is 29.4 Å². The molecule has 1 atom stereocenters. The lowest BCUT2D eigenvalue weighted by Gasteiger charge is -2.12. The lowest BCUT2D eigenvalue weighted by atomic mass is 10.1. The predicted molar refractivity (Wildman–Crippen MR) is 77.7 cm³/mol. The number of rotatable bonds is 4. The molecule has 1 unspecified atom stereocenters. The zero-order valence-electron chi connectivity index (χ0n) is 10.4. The van der Waals surface area contributed by atoms with Crippen molar-refractivity contribution in [1.29, 1.82) is 0 Å². The quantitative estimate of drug-likeness (QED) is 0.928. The second-order valence-electron chi connectivity index (χ2n) is 3.91. The van der Waals surface area contributed by atoms with E-state index in [2.05, 4.69) is 27.7 Å². The Morgan fingerprint density at radius 2 is 2.22 bits per heavy atom. The molecule has 3 nitrogen and oxygen atoms in total. The van der Waals surface area contributed by atoms with Crippen molar-refractivity contribution in [3.8, 4) is 0 Å². The summed E-state index contributed by atoms with van der Waals surface area (Å²) in [6.07, 6.45) is 0. The summed E-state index contributed by atoms with van der Waals surface area (Å²) < 4.78 is 5.08. The largest absolute Gasteiger partial charge is 0.313 e. The minimum atomic E-state index is 0.297. The third-order valence-corrected chi connectivity index (χ3v) is 4.94. The van der Waals surface area contributed by atoms with Crippen LogP contribution in [0.15, 0.2) is 27.4 Å². The van der Waals surface area contributed by atoms with E-state index in [0.717, 1.165) is 20.1 Å². The van der Waals surface area contributed by atoms with Crippen LogP contribution in [-0.2, 0) is 0 Å². The minimum absolute atomic E-state index is 0.297. The molecule has 2 aromatic rings. The Kier molecular flexibility index (Phi) is 4.61. The molecule has 0 saturated heterocycles. The lowest BCUT2D eigenvalue weighted by Crippen LogP contribution is -2.12. The zero-order valence-corrected chi connectivity index (χ0v) is 12.8.